The zero-order valence-corrected chi connectivity index (χ0v) is 11.4. The average molecular weight is 326 g/mol. The second-order valence-corrected chi connectivity index (χ2v) is 4.56. The maximum absolute atomic E-state index is 13.5. The Morgan fingerprint density at radius 2 is 1.74 bits per heavy atom. The van der Waals surface area contributed by atoms with Gasteiger partial charge in [0.2, 0.25) is 0 Å². The molecule has 0 aliphatic carbocycles. The van der Waals surface area contributed by atoms with Crippen molar-refractivity contribution >= 4 is 0 Å². The minimum absolute atomic E-state index is 0.0352. The van der Waals surface area contributed by atoms with Crippen molar-refractivity contribution in [2.24, 2.45) is 5.73 Å². The fraction of sp³-hybridized carbons (Fsp3) is 0.133. The molecule has 0 amide bonds. The van der Waals surface area contributed by atoms with Crippen molar-refractivity contribution in [3.05, 3.63) is 58.9 Å². The molecule has 0 saturated heterocycles. The molecule has 0 heterocycles. The van der Waals surface area contributed by atoms with E-state index < -0.39 is 29.7 Å². The van der Waals surface area contributed by atoms with Gasteiger partial charge in [-0.15, -0.1) is 13.2 Å². The predicted molar refractivity (Wildman–Crippen MR) is 71.9 cm³/mol. The molecule has 0 radical (unpaired) electrons. The Hall–Kier alpha value is -2.79. The smallest absolute Gasteiger partial charge is 0.505 e. The van der Waals surface area contributed by atoms with E-state index in [0.29, 0.717) is 0 Å². The van der Waals surface area contributed by atoms with Crippen LogP contribution < -0.4 is 10.5 Å². The molecule has 0 bridgehead atoms. The Kier molecular flexibility index (Phi) is 4.43. The fourth-order valence-corrected chi connectivity index (χ4v) is 2.04. The summed E-state index contributed by atoms with van der Waals surface area (Å²) in [6.45, 7) is 0. The lowest BCUT2D eigenvalue weighted by atomic mass is 9.94. The lowest BCUT2D eigenvalue weighted by Crippen LogP contribution is -2.17. The van der Waals surface area contributed by atoms with Crippen LogP contribution in [0.3, 0.4) is 0 Å². The molecule has 3 N–H and O–H groups in total. The summed E-state index contributed by atoms with van der Waals surface area (Å²) in [5.74, 6) is -2.17. The maximum Gasteiger partial charge on any atom is 0.573 e. The van der Waals surface area contributed by atoms with Gasteiger partial charge in [-0.3, -0.25) is 0 Å². The van der Waals surface area contributed by atoms with Crippen LogP contribution in [-0.2, 0) is 0 Å². The minimum Gasteiger partial charge on any atom is -0.505 e. The van der Waals surface area contributed by atoms with Crippen molar-refractivity contribution in [2.45, 2.75) is 12.4 Å². The van der Waals surface area contributed by atoms with E-state index in [9.17, 15) is 22.7 Å². The van der Waals surface area contributed by atoms with Gasteiger partial charge in [-0.1, -0.05) is 12.1 Å². The van der Waals surface area contributed by atoms with E-state index in [1.807, 2.05) is 0 Å². The molecule has 0 spiro atoms. The van der Waals surface area contributed by atoms with Crippen LogP contribution in [0.4, 0.5) is 17.6 Å². The van der Waals surface area contributed by atoms with E-state index in [4.69, 9.17) is 11.0 Å². The molecule has 0 unspecified atom stereocenters. The van der Waals surface area contributed by atoms with Gasteiger partial charge in [0.25, 0.3) is 0 Å². The number of halogens is 4. The molecule has 0 aromatic heterocycles. The summed E-state index contributed by atoms with van der Waals surface area (Å²) in [5.41, 5.74) is 6.00. The molecule has 4 nitrogen and oxygen atoms in total. The Morgan fingerprint density at radius 1 is 1.13 bits per heavy atom. The first-order valence-corrected chi connectivity index (χ1v) is 6.25. The van der Waals surface area contributed by atoms with Crippen LogP contribution in [0.15, 0.2) is 36.4 Å². The lowest BCUT2D eigenvalue weighted by molar-refractivity contribution is -0.274. The summed E-state index contributed by atoms with van der Waals surface area (Å²) in [6, 6.07) is 7.29. The molecule has 0 aliphatic rings. The summed E-state index contributed by atoms with van der Waals surface area (Å²) >= 11 is 0. The van der Waals surface area contributed by atoms with Crippen molar-refractivity contribution in [2.75, 3.05) is 0 Å². The number of ether oxygens (including phenoxy) is 1. The van der Waals surface area contributed by atoms with Gasteiger partial charge in [0.05, 0.1) is 17.7 Å². The SMILES string of the molecule is N#Cc1ccc(F)c(O)c1[C@@H](N)c1ccc(OC(F)(F)F)cc1. The molecular formula is C15H10F4N2O2. The number of hydrogen-bond acceptors (Lipinski definition) is 4. The third-order valence-corrected chi connectivity index (χ3v) is 3.07. The van der Waals surface area contributed by atoms with Crippen LogP contribution in [0, 0.1) is 17.1 Å². The number of nitrogens with two attached hydrogens (primary N) is 1. The molecule has 1 atom stereocenters. The summed E-state index contributed by atoms with van der Waals surface area (Å²) < 4.78 is 53.5. The standard InChI is InChI=1S/C15H10F4N2O2/c16-11-6-3-9(7-20)12(14(11)22)13(21)8-1-4-10(5-2-8)23-15(17,18)19/h1-6,13,22H,21H2/t13-/m0/s1. The number of rotatable bonds is 3. The van der Waals surface area contributed by atoms with Crippen LogP contribution in [0.1, 0.15) is 22.7 Å². The lowest BCUT2D eigenvalue weighted by Gasteiger charge is -2.17. The van der Waals surface area contributed by atoms with E-state index in [1.165, 1.54) is 12.1 Å². The quantitative estimate of drug-likeness (QED) is 0.848. The number of benzene rings is 2. The predicted octanol–water partition coefficient (Wildman–Crippen LogP) is 3.35. The fourth-order valence-electron chi connectivity index (χ4n) is 2.04. The first-order chi connectivity index (χ1) is 10.7. The zero-order valence-electron chi connectivity index (χ0n) is 11.4. The highest BCUT2D eigenvalue weighted by Gasteiger charge is 2.31. The van der Waals surface area contributed by atoms with Gasteiger partial charge in [-0.2, -0.15) is 5.26 Å². The van der Waals surface area contributed by atoms with E-state index >= 15 is 0 Å². The number of aromatic hydroxyl groups is 1. The van der Waals surface area contributed by atoms with Gasteiger partial charge in [0.15, 0.2) is 11.6 Å². The van der Waals surface area contributed by atoms with Crippen LogP contribution in [-0.4, -0.2) is 11.5 Å². The largest absolute Gasteiger partial charge is 0.573 e. The van der Waals surface area contributed by atoms with Gasteiger partial charge in [0, 0.05) is 5.56 Å². The highest BCUT2D eigenvalue weighted by Crippen LogP contribution is 2.33. The Bertz CT molecular complexity index is 752. The van der Waals surface area contributed by atoms with Crippen LogP contribution >= 0.6 is 0 Å². The number of nitrogens with zero attached hydrogens (tertiary/aromatic N) is 1. The number of phenols is 1. The molecule has 2 rings (SSSR count). The normalized spacial score (nSPS) is 12.5. The summed E-state index contributed by atoms with van der Waals surface area (Å²) in [7, 11) is 0. The molecule has 120 valence electrons. The minimum atomic E-state index is -4.82. The molecule has 0 fully saturated rings. The Morgan fingerprint density at radius 3 is 2.26 bits per heavy atom. The maximum atomic E-state index is 13.5. The van der Waals surface area contributed by atoms with Crippen molar-refractivity contribution < 1.29 is 27.4 Å². The number of hydrogen-bond donors (Lipinski definition) is 2. The van der Waals surface area contributed by atoms with Gasteiger partial charge in [-0.25, -0.2) is 4.39 Å². The van der Waals surface area contributed by atoms with Crippen molar-refractivity contribution in [1.29, 1.82) is 5.26 Å². The third-order valence-electron chi connectivity index (χ3n) is 3.07. The van der Waals surface area contributed by atoms with Gasteiger partial charge in [-0.05, 0) is 29.8 Å². The van der Waals surface area contributed by atoms with E-state index in [0.717, 1.165) is 24.3 Å². The first kappa shape index (κ1) is 16.6. The highest BCUT2D eigenvalue weighted by atomic mass is 19.4. The molecule has 2 aromatic carbocycles. The highest BCUT2D eigenvalue weighted by molar-refractivity contribution is 5.51. The summed E-state index contributed by atoms with van der Waals surface area (Å²) in [4.78, 5) is 0. The topological polar surface area (TPSA) is 79.3 Å². The van der Waals surface area contributed by atoms with E-state index in [1.54, 1.807) is 6.07 Å². The average Bonchev–Trinajstić information content (AvgIpc) is 2.48. The first-order valence-electron chi connectivity index (χ1n) is 6.25. The van der Waals surface area contributed by atoms with E-state index in [-0.39, 0.29) is 16.7 Å². The molecule has 0 aliphatic heterocycles. The second-order valence-electron chi connectivity index (χ2n) is 4.56. The summed E-state index contributed by atoms with van der Waals surface area (Å²) in [5, 5.41) is 18.8. The molecular weight excluding hydrogens is 316 g/mol. The van der Waals surface area contributed by atoms with Crippen LogP contribution in [0.5, 0.6) is 11.5 Å². The molecule has 8 heteroatoms. The number of alkyl halides is 3. The van der Waals surface area contributed by atoms with E-state index in [2.05, 4.69) is 4.74 Å². The Balaban J connectivity index is 2.37. The molecule has 23 heavy (non-hydrogen) atoms. The number of phenolic OH excluding ortho intramolecular Hbond substituents is 1. The van der Waals surface area contributed by atoms with Crippen LogP contribution in [0.2, 0.25) is 0 Å². The number of nitriles is 1. The van der Waals surface area contributed by atoms with Crippen molar-refractivity contribution in [1.82, 2.24) is 0 Å². The molecule has 2 aromatic rings. The molecule has 0 saturated carbocycles. The Labute approximate surface area is 128 Å². The van der Waals surface area contributed by atoms with Gasteiger partial charge < -0.3 is 15.6 Å². The zero-order chi connectivity index (χ0) is 17.2. The van der Waals surface area contributed by atoms with Crippen molar-refractivity contribution in [3.63, 3.8) is 0 Å². The van der Waals surface area contributed by atoms with Crippen LogP contribution in [0.25, 0.3) is 0 Å². The second kappa shape index (κ2) is 6.14. The summed E-state index contributed by atoms with van der Waals surface area (Å²) in [6.07, 6.45) is -4.82. The van der Waals surface area contributed by atoms with Gasteiger partial charge >= 0.3 is 6.36 Å². The third kappa shape index (κ3) is 3.70. The monoisotopic (exact) mass is 326 g/mol. The van der Waals surface area contributed by atoms with Gasteiger partial charge in [0.1, 0.15) is 5.75 Å². The van der Waals surface area contributed by atoms with Crippen molar-refractivity contribution in [3.8, 4) is 17.6 Å².